The molecule has 5 heteroatoms. The Kier molecular flexibility index (Phi) is 5.63. The fourth-order valence-electron chi connectivity index (χ4n) is 3.24. The number of hydrogen-bond donors (Lipinski definition) is 1. The second kappa shape index (κ2) is 7.90. The summed E-state index contributed by atoms with van der Waals surface area (Å²) in [6.07, 6.45) is 2.99. The van der Waals surface area contributed by atoms with Crippen molar-refractivity contribution in [1.29, 1.82) is 0 Å². The first-order chi connectivity index (χ1) is 11.6. The maximum Gasteiger partial charge on any atom is 0.230 e. The van der Waals surface area contributed by atoms with Gasteiger partial charge in [0, 0.05) is 18.5 Å². The molecule has 1 saturated heterocycles. The van der Waals surface area contributed by atoms with Crippen LogP contribution >= 0.6 is 11.3 Å². The van der Waals surface area contributed by atoms with E-state index in [4.69, 9.17) is 0 Å². The first-order valence-corrected chi connectivity index (χ1v) is 9.49. The molecule has 0 aliphatic carbocycles. The van der Waals surface area contributed by atoms with Crippen LogP contribution in [0.1, 0.15) is 36.6 Å². The number of hydrogen-bond acceptors (Lipinski definition) is 4. The van der Waals surface area contributed by atoms with E-state index >= 15 is 0 Å². The zero-order chi connectivity index (χ0) is 16.9. The van der Waals surface area contributed by atoms with E-state index in [-0.39, 0.29) is 5.91 Å². The van der Waals surface area contributed by atoms with Crippen LogP contribution < -0.4 is 5.32 Å². The molecule has 1 fully saturated rings. The molecular weight excluding hydrogens is 318 g/mol. The molecule has 4 nitrogen and oxygen atoms in total. The number of thiazole rings is 1. The van der Waals surface area contributed by atoms with Gasteiger partial charge in [-0.2, -0.15) is 0 Å². The van der Waals surface area contributed by atoms with Crippen LogP contribution in [0.3, 0.4) is 0 Å². The Labute approximate surface area is 147 Å². The molecule has 3 rings (SSSR count). The van der Waals surface area contributed by atoms with E-state index < -0.39 is 0 Å². The average molecular weight is 343 g/mol. The van der Waals surface area contributed by atoms with Crippen LogP contribution in [0.25, 0.3) is 0 Å². The van der Waals surface area contributed by atoms with Gasteiger partial charge in [-0.3, -0.25) is 9.69 Å². The number of anilines is 1. The number of amides is 1. The van der Waals surface area contributed by atoms with Crippen molar-refractivity contribution in [3.8, 4) is 0 Å². The van der Waals surface area contributed by atoms with Crippen LogP contribution in [-0.2, 0) is 17.8 Å². The topological polar surface area (TPSA) is 45.2 Å². The molecule has 1 aliphatic rings. The highest BCUT2D eigenvalue weighted by atomic mass is 32.1. The van der Waals surface area contributed by atoms with Crippen molar-refractivity contribution >= 4 is 22.4 Å². The minimum Gasteiger partial charge on any atom is -0.302 e. The van der Waals surface area contributed by atoms with Gasteiger partial charge >= 0.3 is 0 Å². The molecule has 128 valence electrons. The zero-order valence-electron chi connectivity index (χ0n) is 14.4. The van der Waals surface area contributed by atoms with Gasteiger partial charge in [-0.05, 0) is 43.4 Å². The monoisotopic (exact) mass is 343 g/mol. The molecule has 0 unspecified atom stereocenters. The Bertz CT molecular complexity index is 697. The number of aryl methyl sites for hydroxylation is 1. The molecule has 0 bridgehead atoms. The van der Waals surface area contributed by atoms with E-state index in [1.54, 1.807) is 0 Å². The molecule has 1 aromatic carbocycles. The molecule has 24 heavy (non-hydrogen) atoms. The molecule has 0 saturated carbocycles. The summed E-state index contributed by atoms with van der Waals surface area (Å²) >= 11 is 1.51. The van der Waals surface area contributed by atoms with E-state index in [1.807, 2.05) is 31.2 Å². The van der Waals surface area contributed by atoms with Crippen LogP contribution in [0.2, 0.25) is 0 Å². The van der Waals surface area contributed by atoms with Crippen molar-refractivity contribution in [3.05, 3.63) is 46.5 Å². The van der Waals surface area contributed by atoms with E-state index in [0.717, 1.165) is 42.4 Å². The van der Waals surface area contributed by atoms with Crippen LogP contribution in [-0.4, -0.2) is 28.9 Å². The fraction of sp³-hybridized carbons (Fsp3) is 0.474. The van der Waals surface area contributed by atoms with E-state index in [1.165, 1.54) is 24.2 Å². The summed E-state index contributed by atoms with van der Waals surface area (Å²) in [5.41, 5.74) is 3.26. The molecule has 1 N–H and O–H groups in total. The predicted octanol–water partition coefficient (Wildman–Crippen LogP) is 3.86. The van der Waals surface area contributed by atoms with Gasteiger partial charge in [0.05, 0.1) is 12.1 Å². The summed E-state index contributed by atoms with van der Waals surface area (Å²) in [6, 6.07) is 7.99. The lowest BCUT2D eigenvalue weighted by Gasteiger charge is -2.30. The Hall–Kier alpha value is -1.72. The highest BCUT2D eigenvalue weighted by molar-refractivity contribution is 7.13. The van der Waals surface area contributed by atoms with E-state index in [0.29, 0.717) is 11.6 Å². The third kappa shape index (κ3) is 4.65. The molecule has 0 radical (unpaired) electrons. The second-order valence-electron chi connectivity index (χ2n) is 6.78. The van der Waals surface area contributed by atoms with Gasteiger partial charge in [-0.15, -0.1) is 11.3 Å². The van der Waals surface area contributed by atoms with E-state index in [9.17, 15) is 4.79 Å². The summed E-state index contributed by atoms with van der Waals surface area (Å²) in [7, 11) is 0. The minimum atomic E-state index is -0.00297. The predicted molar refractivity (Wildman–Crippen MR) is 99.3 cm³/mol. The maximum absolute atomic E-state index is 12.2. The number of aromatic nitrogens is 1. The highest BCUT2D eigenvalue weighted by Crippen LogP contribution is 2.21. The Morgan fingerprint density at radius 3 is 3.04 bits per heavy atom. The number of carbonyl (C=O) groups excluding carboxylic acids is 1. The van der Waals surface area contributed by atoms with Crippen LogP contribution in [0.15, 0.2) is 29.6 Å². The highest BCUT2D eigenvalue weighted by Gasteiger charge is 2.17. The zero-order valence-corrected chi connectivity index (χ0v) is 15.2. The number of likely N-dealkylation sites (tertiary alicyclic amines) is 1. The summed E-state index contributed by atoms with van der Waals surface area (Å²) in [5.74, 6) is 0.766. The van der Waals surface area contributed by atoms with Crippen molar-refractivity contribution in [2.24, 2.45) is 5.92 Å². The molecule has 0 spiro atoms. The van der Waals surface area contributed by atoms with Gasteiger partial charge < -0.3 is 5.32 Å². The Balaban J connectivity index is 1.54. The lowest BCUT2D eigenvalue weighted by Crippen LogP contribution is -2.33. The second-order valence-corrected chi connectivity index (χ2v) is 7.64. The Morgan fingerprint density at radius 1 is 1.42 bits per heavy atom. The molecule has 1 amide bonds. The van der Waals surface area contributed by atoms with Crippen LogP contribution in [0, 0.1) is 12.8 Å². The third-order valence-corrected chi connectivity index (χ3v) is 5.34. The summed E-state index contributed by atoms with van der Waals surface area (Å²) < 4.78 is 0. The summed E-state index contributed by atoms with van der Waals surface area (Å²) in [4.78, 5) is 19.3. The first kappa shape index (κ1) is 17.1. The van der Waals surface area contributed by atoms with Gasteiger partial charge in [0.2, 0.25) is 5.91 Å². The van der Waals surface area contributed by atoms with Gasteiger partial charge in [0.15, 0.2) is 5.13 Å². The molecule has 1 aromatic heterocycles. The van der Waals surface area contributed by atoms with Gasteiger partial charge in [-0.25, -0.2) is 4.98 Å². The smallest absolute Gasteiger partial charge is 0.230 e. The third-order valence-electron chi connectivity index (χ3n) is 4.54. The lowest BCUT2D eigenvalue weighted by molar-refractivity contribution is -0.115. The Morgan fingerprint density at radius 2 is 2.25 bits per heavy atom. The van der Waals surface area contributed by atoms with E-state index in [2.05, 4.69) is 27.5 Å². The van der Waals surface area contributed by atoms with Crippen molar-refractivity contribution in [2.45, 2.75) is 39.7 Å². The largest absolute Gasteiger partial charge is 0.302 e. The molecule has 1 aliphatic heterocycles. The number of carbonyl (C=O) groups is 1. The number of nitrogens with zero attached hydrogens (tertiary/aromatic N) is 2. The van der Waals surface area contributed by atoms with Crippen molar-refractivity contribution in [2.75, 3.05) is 18.4 Å². The maximum atomic E-state index is 12.2. The molecule has 1 atom stereocenters. The number of benzene rings is 1. The lowest BCUT2D eigenvalue weighted by atomic mass is 10.0. The molecule has 2 heterocycles. The molecular formula is C19H25N3OS. The normalized spacial score (nSPS) is 18.5. The SMILES string of the molecule is Cc1ccccc1CC(=O)Nc1nc(CN2CCC[C@H](C)C2)cs1. The van der Waals surface area contributed by atoms with Gasteiger partial charge in [0.25, 0.3) is 0 Å². The van der Waals surface area contributed by atoms with Crippen LogP contribution in [0.4, 0.5) is 5.13 Å². The number of rotatable bonds is 5. The van der Waals surface area contributed by atoms with Crippen molar-refractivity contribution < 1.29 is 4.79 Å². The summed E-state index contributed by atoms with van der Waals surface area (Å²) in [5, 5.41) is 5.69. The van der Waals surface area contributed by atoms with Crippen molar-refractivity contribution in [3.63, 3.8) is 0 Å². The standard InChI is InChI=1S/C19H25N3OS/c1-14-6-5-9-22(11-14)12-17-13-24-19(20-17)21-18(23)10-16-8-4-3-7-15(16)2/h3-4,7-8,13-14H,5-6,9-12H2,1-2H3,(H,20,21,23)/t14-/m0/s1. The number of nitrogens with one attached hydrogen (secondary N) is 1. The van der Waals surface area contributed by atoms with Crippen molar-refractivity contribution in [1.82, 2.24) is 9.88 Å². The first-order valence-electron chi connectivity index (χ1n) is 8.61. The van der Waals surface area contributed by atoms with Gasteiger partial charge in [-0.1, -0.05) is 31.2 Å². The summed E-state index contributed by atoms with van der Waals surface area (Å²) in [6.45, 7) is 7.52. The molecule has 2 aromatic rings. The van der Waals surface area contributed by atoms with Gasteiger partial charge in [0.1, 0.15) is 0 Å². The average Bonchev–Trinajstić information content (AvgIpc) is 2.96. The van der Waals surface area contributed by atoms with Crippen LogP contribution in [0.5, 0.6) is 0 Å². The minimum absolute atomic E-state index is 0.00297. The number of piperidine rings is 1. The quantitative estimate of drug-likeness (QED) is 0.896. The fourth-order valence-corrected chi connectivity index (χ4v) is 3.96.